The van der Waals surface area contributed by atoms with Crippen molar-refractivity contribution in [2.45, 2.75) is 77.9 Å². The minimum Gasteiger partial charge on any atom is -0.387 e. The number of aromatic nitrogens is 2. The number of aliphatic hydroxyl groups is 1. The second-order valence-corrected chi connectivity index (χ2v) is 5.53. The third kappa shape index (κ3) is 5.53. The van der Waals surface area contributed by atoms with Gasteiger partial charge in [-0.3, -0.25) is 4.68 Å². The van der Waals surface area contributed by atoms with Crippen LogP contribution in [0.4, 0.5) is 0 Å². The maximum atomic E-state index is 10.2. The molecule has 19 heavy (non-hydrogen) atoms. The van der Waals surface area contributed by atoms with Crippen LogP contribution < -0.4 is 0 Å². The molecule has 1 atom stereocenters. The third-order valence-electron chi connectivity index (χ3n) is 3.53. The van der Waals surface area contributed by atoms with Crippen molar-refractivity contribution in [1.82, 2.24) is 9.78 Å². The summed E-state index contributed by atoms with van der Waals surface area (Å²) in [5, 5.41) is 14.9. The fourth-order valence-corrected chi connectivity index (χ4v) is 2.65. The Balaban J connectivity index is 2.23. The first-order chi connectivity index (χ1) is 9.20. The number of aliphatic hydroxyl groups excluding tert-OH is 1. The summed E-state index contributed by atoms with van der Waals surface area (Å²) >= 11 is 6.07. The molecule has 0 aromatic carbocycles. The molecule has 1 aromatic rings. The molecule has 0 saturated heterocycles. The molecule has 110 valence electrons. The smallest absolute Gasteiger partial charge is 0.0971 e. The first kappa shape index (κ1) is 16.5. The lowest BCUT2D eigenvalue weighted by Crippen LogP contribution is -2.08. The Morgan fingerprint density at radius 1 is 1.16 bits per heavy atom. The number of aryl methyl sites for hydroxylation is 1. The van der Waals surface area contributed by atoms with E-state index in [1.165, 1.54) is 38.5 Å². The van der Waals surface area contributed by atoms with Gasteiger partial charge in [-0.1, -0.05) is 63.5 Å². The normalized spacial score (nSPS) is 12.8. The van der Waals surface area contributed by atoms with E-state index in [1.54, 1.807) is 10.9 Å². The van der Waals surface area contributed by atoms with Gasteiger partial charge in [-0.25, -0.2) is 0 Å². The molecule has 3 nitrogen and oxygen atoms in total. The lowest BCUT2D eigenvalue weighted by Gasteiger charge is -2.13. The highest BCUT2D eigenvalue weighted by molar-refractivity contribution is 6.31. The molecule has 0 spiro atoms. The van der Waals surface area contributed by atoms with Crippen LogP contribution in [0, 0.1) is 0 Å². The zero-order valence-corrected chi connectivity index (χ0v) is 13.0. The molecule has 0 aliphatic heterocycles. The van der Waals surface area contributed by atoms with Crippen LogP contribution in [-0.4, -0.2) is 14.9 Å². The van der Waals surface area contributed by atoms with E-state index >= 15 is 0 Å². The van der Waals surface area contributed by atoms with Crippen LogP contribution in [0.1, 0.15) is 77.0 Å². The monoisotopic (exact) mass is 286 g/mol. The molecule has 1 aromatic heterocycles. The quantitative estimate of drug-likeness (QED) is 0.631. The summed E-state index contributed by atoms with van der Waals surface area (Å²) in [7, 11) is 0. The van der Waals surface area contributed by atoms with Crippen LogP contribution >= 0.6 is 11.6 Å². The van der Waals surface area contributed by atoms with Gasteiger partial charge in [0.1, 0.15) is 0 Å². The van der Waals surface area contributed by atoms with Gasteiger partial charge in [0.25, 0.3) is 0 Å². The lowest BCUT2D eigenvalue weighted by molar-refractivity contribution is 0.152. The number of halogens is 1. The van der Waals surface area contributed by atoms with Crippen molar-refractivity contribution in [2.24, 2.45) is 0 Å². The minimum atomic E-state index is -0.481. The molecule has 0 radical (unpaired) electrons. The predicted octanol–water partition coefficient (Wildman–Crippen LogP) is 4.73. The third-order valence-corrected chi connectivity index (χ3v) is 3.82. The van der Waals surface area contributed by atoms with Gasteiger partial charge >= 0.3 is 0 Å². The summed E-state index contributed by atoms with van der Waals surface area (Å²) in [6, 6.07) is 0. The molecule has 0 bridgehead atoms. The molecule has 1 N–H and O–H groups in total. The van der Waals surface area contributed by atoms with E-state index in [-0.39, 0.29) is 0 Å². The Kier molecular flexibility index (Phi) is 8.15. The van der Waals surface area contributed by atoms with E-state index in [2.05, 4.69) is 12.0 Å². The zero-order chi connectivity index (χ0) is 14.1. The van der Waals surface area contributed by atoms with E-state index in [0.717, 1.165) is 25.1 Å². The summed E-state index contributed by atoms with van der Waals surface area (Å²) in [6.45, 7) is 4.99. The summed E-state index contributed by atoms with van der Waals surface area (Å²) in [4.78, 5) is 0. The van der Waals surface area contributed by atoms with Crippen LogP contribution in [0.2, 0.25) is 5.02 Å². The number of rotatable bonds is 10. The summed E-state index contributed by atoms with van der Waals surface area (Å²) in [6.07, 6.45) is 10.7. The molecular weight excluding hydrogens is 260 g/mol. The van der Waals surface area contributed by atoms with E-state index < -0.39 is 6.10 Å². The molecule has 4 heteroatoms. The van der Waals surface area contributed by atoms with Crippen LogP contribution in [0.5, 0.6) is 0 Å². The van der Waals surface area contributed by atoms with Crippen LogP contribution in [-0.2, 0) is 6.54 Å². The number of hydrogen-bond acceptors (Lipinski definition) is 2. The molecule has 1 heterocycles. The molecule has 0 amide bonds. The van der Waals surface area contributed by atoms with Gasteiger partial charge in [-0.05, 0) is 13.3 Å². The molecule has 0 fully saturated rings. The van der Waals surface area contributed by atoms with Crippen molar-refractivity contribution >= 4 is 11.6 Å². The van der Waals surface area contributed by atoms with Gasteiger partial charge in [-0.15, -0.1) is 0 Å². The first-order valence-corrected chi connectivity index (χ1v) is 7.97. The SMILES string of the molecule is CCCCCCCCCC(O)c1c(Cl)cnn1CC. The molecule has 0 aliphatic rings. The Hall–Kier alpha value is -0.540. The van der Waals surface area contributed by atoms with Crippen molar-refractivity contribution in [3.8, 4) is 0 Å². The van der Waals surface area contributed by atoms with E-state index in [9.17, 15) is 5.11 Å². The number of unbranched alkanes of at least 4 members (excludes halogenated alkanes) is 6. The van der Waals surface area contributed by atoms with Crippen molar-refractivity contribution in [1.29, 1.82) is 0 Å². The highest BCUT2D eigenvalue weighted by Crippen LogP contribution is 2.26. The van der Waals surface area contributed by atoms with Crippen LogP contribution in [0.15, 0.2) is 6.20 Å². The summed E-state index contributed by atoms with van der Waals surface area (Å²) in [5.74, 6) is 0. The fourth-order valence-electron chi connectivity index (χ4n) is 2.39. The highest BCUT2D eigenvalue weighted by atomic mass is 35.5. The average Bonchev–Trinajstić information content (AvgIpc) is 2.78. The van der Waals surface area contributed by atoms with Crippen molar-refractivity contribution in [3.05, 3.63) is 16.9 Å². The highest BCUT2D eigenvalue weighted by Gasteiger charge is 2.16. The molecular formula is C15H27ClN2O. The summed E-state index contributed by atoms with van der Waals surface area (Å²) in [5.41, 5.74) is 0.773. The lowest BCUT2D eigenvalue weighted by atomic mass is 10.0. The van der Waals surface area contributed by atoms with E-state index in [1.807, 2.05) is 6.92 Å². The molecule has 0 aliphatic carbocycles. The van der Waals surface area contributed by atoms with Gasteiger partial charge in [0, 0.05) is 6.54 Å². The Labute approximate surface area is 122 Å². The fraction of sp³-hybridized carbons (Fsp3) is 0.800. The van der Waals surface area contributed by atoms with E-state index in [4.69, 9.17) is 11.6 Å². The van der Waals surface area contributed by atoms with Gasteiger partial charge < -0.3 is 5.11 Å². The second kappa shape index (κ2) is 9.38. The average molecular weight is 287 g/mol. The van der Waals surface area contributed by atoms with Crippen molar-refractivity contribution in [3.63, 3.8) is 0 Å². The maximum Gasteiger partial charge on any atom is 0.0971 e. The van der Waals surface area contributed by atoms with Gasteiger partial charge in [0.05, 0.1) is 23.0 Å². The van der Waals surface area contributed by atoms with Crippen LogP contribution in [0.3, 0.4) is 0 Å². The van der Waals surface area contributed by atoms with Gasteiger partial charge in [0.2, 0.25) is 0 Å². The number of nitrogens with zero attached hydrogens (tertiary/aromatic N) is 2. The van der Waals surface area contributed by atoms with Gasteiger partial charge in [-0.2, -0.15) is 5.10 Å². The van der Waals surface area contributed by atoms with E-state index in [0.29, 0.717) is 5.02 Å². The standard InChI is InChI=1S/C15H27ClN2O/c1-3-5-6-7-8-9-10-11-14(19)15-13(16)12-17-18(15)4-2/h12,14,19H,3-11H2,1-2H3. The Bertz CT molecular complexity index is 352. The molecule has 1 rings (SSSR count). The minimum absolute atomic E-state index is 0.481. The molecule has 0 saturated carbocycles. The van der Waals surface area contributed by atoms with Gasteiger partial charge in [0.15, 0.2) is 0 Å². The largest absolute Gasteiger partial charge is 0.387 e. The van der Waals surface area contributed by atoms with Crippen molar-refractivity contribution in [2.75, 3.05) is 0 Å². The first-order valence-electron chi connectivity index (χ1n) is 7.60. The number of hydrogen-bond donors (Lipinski definition) is 1. The second-order valence-electron chi connectivity index (χ2n) is 5.12. The molecule has 1 unspecified atom stereocenters. The topological polar surface area (TPSA) is 38.1 Å². The zero-order valence-electron chi connectivity index (χ0n) is 12.2. The Morgan fingerprint density at radius 3 is 2.42 bits per heavy atom. The van der Waals surface area contributed by atoms with Crippen molar-refractivity contribution < 1.29 is 5.11 Å². The predicted molar refractivity (Wildman–Crippen MR) is 80.5 cm³/mol. The maximum absolute atomic E-state index is 10.2. The Morgan fingerprint density at radius 2 is 1.79 bits per heavy atom. The van der Waals surface area contributed by atoms with Crippen LogP contribution in [0.25, 0.3) is 0 Å². The summed E-state index contributed by atoms with van der Waals surface area (Å²) < 4.78 is 1.79.